The summed E-state index contributed by atoms with van der Waals surface area (Å²) in [6, 6.07) is 2.92. The number of amides is 2. The molecule has 0 aliphatic rings. The fourth-order valence-electron chi connectivity index (χ4n) is 1.70. The summed E-state index contributed by atoms with van der Waals surface area (Å²) in [5.74, 6) is -2.97. The Morgan fingerprint density at radius 3 is 2.29 bits per heavy atom. The van der Waals surface area contributed by atoms with Gasteiger partial charge in [0.1, 0.15) is 11.5 Å². The Morgan fingerprint density at radius 1 is 1.07 bits per heavy atom. The number of hydrogen-bond acceptors (Lipinski definition) is 7. The lowest BCUT2D eigenvalue weighted by Crippen LogP contribution is -2.39. The zero-order chi connectivity index (χ0) is 21.3. The van der Waals surface area contributed by atoms with Crippen LogP contribution in [0.3, 0.4) is 0 Å². The van der Waals surface area contributed by atoms with E-state index in [1.165, 1.54) is 6.92 Å². The molecule has 0 fully saturated rings. The molecule has 8 nitrogen and oxygen atoms in total. The second-order valence-electron chi connectivity index (χ2n) is 4.85. The van der Waals surface area contributed by atoms with Crippen LogP contribution >= 0.6 is 0 Å². The van der Waals surface area contributed by atoms with Gasteiger partial charge in [-0.15, -0.1) is 0 Å². The Kier molecular flexibility index (Phi) is 8.72. The summed E-state index contributed by atoms with van der Waals surface area (Å²) in [6.07, 6.45) is -0.640. The monoisotopic (exact) mass is 409 g/mol. The Hall–Kier alpha value is -3.31. The van der Waals surface area contributed by atoms with Crippen LogP contribution in [0.2, 0.25) is 0 Å². The largest absolute Gasteiger partial charge is 0.453 e. The molecule has 1 atom stereocenters. The van der Waals surface area contributed by atoms with Crippen LogP contribution in [0.25, 0.3) is 6.08 Å². The van der Waals surface area contributed by atoms with Gasteiger partial charge >= 0.3 is 25.3 Å². The first-order valence-electron chi connectivity index (χ1n) is 7.43. The number of methoxy groups -OCH3 is 1. The number of rotatable bonds is 8. The van der Waals surface area contributed by atoms with E-state index < -0.39 is 48.8 Å². The number of halogens is 4. The topological polar surface area (TPSA) is 100 Å². The fourth-order valence-corrected chi connectivity index (χ4v) is 1.70. The normalized spacial score (nSPS) is 12.0. The van der Waals surface area contributed by atoms with E-state index in [1.54, 1.807) is 5.32 Å². The molecule has 0 unspecified atom stereocenters. The third-order valence-electron chi connectivity index (χ3n) is 2.90. The first-order valence-corrected chi connectivity index (χ1v) is 7.43. The van der Waals surface area contributed by atoms with Gasteiger partial charge < -0.3 is 18.9 Å². The van der Waals surface area contributed by atoms with Crippen LogP contribution in [0, 0.1) is 0 Å². The number of esters is 1. The number of carbonyl (C=O) groups is 3. The molecule has 1 N–H and O–H groups in total. The van der Waals surface area contributed by atoms with Gasteiger partial charge in [0, 0.05) is 17.7 Å². The van der Waals surface area contributed by atoms with Crippen molar-refractivity contribution in [3.8, 4) is 11.5 Å². The predicted octanol–water partition coefficient (Wildman–Crippen LogP) is 2.72. The number of alkyl carbamates (subject to hydrolysis) is 1. The second kappa shape index (κ2) is 10.7. The number of hydrogen-bond donors (Lipinski definition) is 1. The predicted molar refractivity (Wildman–Crippen MR) is 84.8 cm³/mol. The van der Waals surface area contributed by atoms with Crippen molar-refractivity contribution in [2.24, 2.45) is 0 Å². The highest BCUT2D eigenvalue weighted by Gasteiger charge is 2.19. The third kappa shape index (κ3) is 7.93. The van der Waals surface area contributed by atoms with Gasteiger partial charge in [0.15, 0.2) is 6.10 Å². The van der Waals surface area contributed by atoms with Gasteiger partial charge in [-0.3, -0.25) is 10.1 Å². The fraction of sp³-hybridized carbons (Fsp3) is 0.312. The number of benzene rings is 1. The van der Waals surface area contributed by atoms with Gasteiger partial charge in [-0.25, -0.2) is 9.59 Å². The maximum absolute atomic E-state index is 12.5. The average molecular weight is 409 g/mol. The summed E-state index contributed by atoms with van der Waals surface area (Å²) < 4.78 is 66.6. The van der Waals surface area contributed by atoms with Crippen molar-refractivity contribution in [1.29, 1.82) is 0 Å². The van der Waals surface area contributed by atoms with Crippen LogP contribution in [0.4, 0.5) is 22.4 Å². The quantitative estimate of drug-likeness (QED) is 0.400. The van der Waals surface area contributed by atoms with E-state index in [4.69, 9.17) is 4.74 Å². The zero-order valence-corrected chi connectivity index (χ0v) is 14.5. The molecule has 12 heteroatoms. The van der Waals surface area contributed by atoms with Crippen molar-refractivity contribution < 1.29 is 50.9 Å². The van der Waals surface area contributed by atoms with Gasteiger partial charge in [-0.1, -0.05) is 0 Å². The van der Waals surface area contributed by atoms with E-state index in [0.717, 1.165) is 37.5 Å². The molecule has 0 bridgehead atoms. The van der Waals surface area contributed by atoms with Crippen molar-refractivity contribution >= 4 is 24.0 Å². The van der Waals surface area contributed by atoms with Crippen LogP contribution in [0.5, 0.6) is 11.5 Å². The standard InChI is InChI=1S/C16H15F4NO7/c1-8(13(23)21-16(24)25-2)26-12(22)6-4-9-3-5-10(27-14(17)18)7-11(9)28-15(19)20/h3-8,14-15H,1-2H3,(H,21,23,24)/b6-4+/t8-/m1/s1. The SMILES string of the molecule is COC(=O)NC(=O)[C@@H](C)OC(=O)/C=C/c1ccc(OC(F)F)cc1OC(F)F. The molecule has 2 amide bonds. The van der Waals surface area contributed by atoms with Crippen molar-refractivity contribution in [3.63, 3.8) is 0 Å². The number of imide groups is 1. The van der Waals surface area contributed by atoms with E-state index in [9.17, 15) is 31.9 Å². The van der Waals surface area contributed by atoms with E-state index >= 15 is 0 Å². The van der Waals surface area contributed by atoms with E-state index in [0.29, 0.717) is 0 Å². The maximum Gasteiger partial charge on any atom is 0.413 e. The highest BCUT2D eigenvalue weighted by atomic mass is 19.3. The van der Waals surface area contributed by atoms with Crippen LogP contribution in [-0.4, -0.2) is 44.4 Å². The number of alkyl halides is 4. The molecular weight excluding hydrogens is 394 g/mol. The van der Waals surface area contributed by atoms with Crippen LogP contribution in [-0.2, 0) is 19.1 Å². The molecule has 0 radical (unpaired) electrons. The van der Waals surface area contributed by atoms with Crippen molar-refractivity contribution in [2.75, 3.05) is 7.11 Å². The smallest absolute Gasteiger partial charge is 0.413 e. The van der Waals surface area contributed by atoms with Crippen molar-refractivity contribution in [3.05, 3.63) is 29.8 Å². The van der Waals surface area contributed by atoms with Gasteiger partial charge in [0.05, 0.1) is 7.11 Å². The third-order valence-corrected chi connectivity index (χ3v) is 2.90. The molecule has 0 aromatic heterocycles. The number of ether oxygens (including phenoxy) is 4. The molecular formula is C16H15F4NO7. The summed E-state index contributed by atoms with van der Waals surface area (Å²) in [4.78, 5) is 34.1. The maximum atomic E-state index is 12.5. The lowest BCUT2D eigenvalue weighted by atomic mass is 10.1. The Labute approximate surface area is 156 Å². The first kappa shape index (κ1) is 22.7. The highest BCUT2D eigenvalue weighted by molar-refractivity contribution is 5.96. The lowest BCUT2D eigenvalue weighted by molar-refractivity contribution is -0.149. The molecule has 0 aliphatic heterocycles. The summed E-state index contributed by atoms with van der Waals surface area (Å²) >= 11 is 0. The molecule has 1 aromatic rings. The minimum absolute atomic E-state index is 0.0782. The Bertz CT molecular complexity index is 740. The lowest BCUT2D eigenvalue weighted by Gasteiger charge is -2.12. The van der Waals surface area contributed by atoms with E-state index in [2.05, 4.69) is 14.2 Å². The Morgan fingerprint density at radius 2 is 1.71 bits per heavy atom. The average Bonchev–Trinajstić information content (AvgIpc) is 2.59. The number of nitrogens with one attached hydrogen (secondary N) is 1. The highest BCUT2D eigenvalue weighted by Crippen LogP contribution is 2.28. The minimum atomic E-state index is -3.26. The van der Waals surface area contributed by atoms with E-state index in [1.807, 2.05) is 0 Å². The molecule has 1 aromatic carbocycles. The molecule has 154 valence electrons. The summed E-state index contributed by atoms with van der Waals surface area (Å²) in [5.41, 5.74) is -0.0782. The summed E-state index contributed by atoms with van der Waals surface area (Å²) in [5, 5.41) is 1.78. The minimum Gasteiger partial charge on any atom is -0.453 e. The van der Waals surface area contributed by atoms with Gasteiger partial charge in [-0.05, 0) is 25.1 Å². The van der Waals surface area contributed by atoms with E-state index in [-0.39, 0.29) is 5.56 Å². The molecule has 0 saturated heterocycles. The van der Waals surface area contributed by atoms with Crippen LogP contribution < -0.4 is 14.8 Å². The molecule has 28 heavy (non-hydrogen) atoms. The van der Waals surface area contributed by atoms with Crippen molar-refractivity contribution in [2.45, 2.75) is 26.3 Å². The van der Waals surface area contributed by atoms with Gasteiger partial charge in [0.25, 0.3) is 5.91 Å². The van der Waals surface area contributed by atoms with Gasteiger partial charge in [-0.2, -0.15) is 17.6 Å². The molecule has 1 rings (SSSR count). The molecule has 0 saturated carbocycles. The second-order valence-corrected chi connectivity index (χ2v) is 4.85. The summed E-state index contributed by atoms with van der Waals surface area (Å²) in [7, 11) is 1.03. The van der Waals surface area contributed by atoms with Crippen LogP contribution in [0.15, 0.2) is 24.3 Å². The number of carbonyl (C=O) groups excluding carboxylic acids is 3. The zero-order valence-electron chi connectivity index (χ0n) is 14.5. The Balaban J connectivity index is 2.84. The molecule has 0 spiro atoms. The molecule has 0 heterocycles. The van der Waals surface area contributed by atoms with Gasteiger partial charge in [0.2, 0.25) is 0 Å². The van der Waals surface area contributed by atoms with Crippen LogP contribution in [0.1, 0.15) is 12.5 Å². The first-order chi connectivity index (χ1) is 13.1. The van der Waals surface area contributed by atoms with Crippen molar-refractivity contribution in [1.82, 2.24) is 5.32 Å². The summed E-state index contributed by atoms with van der Waals surface area (Å²) in [6.45, 7) is -5.26. The molecule has 0 aliphatic carbocycles.